The Labute approximate surface area is 270 Å². The number of alkyl halides is 3. The zero-order chi connectivity index (χ0) is 31.6. The number of para-hydroxylation sites is 1. The molecular weight excluding hydrogens is 695 g/mol. The van der Waals surface area contributed by atoms with Crippen molar-refractivity contribution in [1.82, 2.24) is 9.88 Å². The number of β-lactam (4-membered cyclic amide) rings is 1. The van der Waals surface area contributed by atoms with Crippen LogP contribution in [0.25, 0.3) is 10.2 Å². The van der Waals surface area contributed by atoms with Crippen molar-refractivity contribution in [2.24, 2.45) is 0 Å². The highest BCUT2D eigenvalue weighted by Crippen LogP contribution is 2.44. The van der Waals surface area contributed by atoms with E-state index in [0.29, 0.717) is 10.5 Å². The number of halogens is 3. The van der Waals surface area contributed by atoms with Gasteiger partial charge in [0.25, 0.3) is 0 Å². The maximum atomic E-state index is 13.1. The first kappa shape index (κ1) is 34.9. The third-order valence-electron chi connectivity index (χ3n) is 4.99. The number of ether oxygens (including phenoxy) is 3. The Morgan fingerprint density at radius 2 is 1.90 bits per heavy atom. The number of hydrogen-bond donors (Lipinski definition) is 0. The molecule has 232 valence electrons. The van der Waals surface area contributed by atoms with Crippen molar-refractivity contribution in [3.05, 3.63) is 34.7 Å². The number of hydrogen-bond acceptors (Lipinski definition) is 13. The molecule has 0 unspecified atom stereocenters. The smallest absolute Gasteiger partial charge is 0.455 e. The Morgan fingerprint density at radius 1 is 1.24 bits per heavy atom. The number of fused-ring (bicyclic) bond motifs is 1. The zero-order valence-electron chi connectivity index (χ0n) is 23.1. The summed E-state index contributed by atoms with van der Waals surface area (Å²) in [5.41, 5.74) is -0.505. The summed E-state index contributed by atoms with van der Waals surface area (Å²) in [4.78, 5) is 44.4. The number of benzene rings is 1. The number of aromatic nitrogens is 1. The summed E-state index contributed by atoms with van der Waals surface area (Å²) in [5.74, 6) is -1.55. The van der Waals surface area contributed by atoms with Gasteiger partial charge in [0.1, 0.15) is 28.2 Å². The van der Waals surface area contributed by atoms with Crippen molar-refractivity contribution in [2.45, 2.75) is 60.3 Å². The summed E-state index contributed by atoms with van der Waals surface area (Å²) in [7, 11) is -1.37. The Bertz CT molecular complexity index is 1500. The van der Waals surface area contributed by atoms with Crippen LogP contribution < -0.4 is 0 Å². The van der Waals surface area contributed by atoms with Crippen molar-refractivity contribution < 1.29 is 41.2 Å². The van der Waals surface area contributed by atoms with Crippen molar-refractivity contribution in [2.75, 3.05) is 19.4 Å². The van der Waals surface area contributed by atoms with Crippen LogP contribution in [-0.2, 0) is 38.1 Å². The van der Waals surface area contributed by atoms with Crippen LogP contribution in [0, 0.1) is 0 Å². The van der Waals surface area contributed by atoms with E-state index in [1.807, 2.05) is 18.2 Å². The quantitative estimate of drug-likeness (QED) is 0.0512. The second-order valence-electron chi connectivity index (χ2n) is 9.88. The fourth-order valence-corrected chi connectivity index (χ4v) is 7.60. The number of rotatable bonds is 10. The maximum absolute atomic E-state index is 13.1. The monoisotopic (exact) mass is 720 g/mol. The first-order valence-corrected chi connectivity index (χ1v) is 18.0. The molecule has 1 aromatic heterocycles. The van der Waals surface area contributed by atoms with E-state index in [-0.39, 0.29) is 18.0 Å². The molecular formula is C24H27Cl3N2O9S4. The topological polar surface area (TPSA) is 138 Å². The Kier molecular flexibility index (Phi) is 11.3. The zero-order valence-corrected chi connectivity index (χ0v) is 28.7. The van der Waals surface area contributed by atoms with Gasteiger partial charge in [0.05, 0.1) is 16.5 Å². The molecule has 1 aliphatic heterocycles. The Balaban J connectivity index is 1.70. The first-order valence-electron chi connectivity index (χ1n) is 12.0. The van der Waals surface area contributed by atoms with Gasteiger partial charge in [-0.15, -0.1) is 11.3 Å². The lowest BCUT2D eigenvalue weighted by Crippen LogP contribution is -2.55. The van der Waals surface area contributed by atoms with E-state index in [1.165, 1.54) is 39.8 Å². The molecule has 0 spiro atoms. The maximum Gasteiger partial charge on any atom is 0.509 e. The van der Waals surface area contributed by atoms with E-state index >= 15 is 0 Å². The standard InChI is InChI=1S/C24H27Cl3N2O9S4/c1-12(38-42(6,33)34)18(21(31)37-23(3,4)5)29-10-16(20(29)30)41-40-15-9-7-8-14-17(15)28-19(39-14)13(2)36-22(32)35-11-24(25,26)27/h7-9,13,16H,10-11H2,1-6H3/b18-12-/t13-,16+/m1/s1. The predicted molar refractivity (Wildman–Crippen MR) is 164 cm³/mol. The third-order valence-corrected chi connectivity index (χ3v) is 9.76. The first-order chi connectivity index (χ1) is 19.2. The van der Waals surface area contributed by atoms with E-state index in [1.54, 1.807) is 27.7 Å². The van der Waals surface area contributed by atoms with Crippen molar-refractivity contribution in [3.8, 4) is 0 Å². The molecule has 0 saturated carbocycles. The van der Waals surface area contributed by atoms with Crippen LogP contribution in [0.3, 0.4) is 0 Å². The summed E-state index contributed by atoms with van der Waals surface area (Å²) in [5, 5.41) is -0.0324. The molecule has 0 aliphatic carbocycles. The molecule has 1 saturated heterocycles. The lowest BCUT2D eigenvalue weighted by molar-refractivity contribution is -0.156. The number of carbonyl (C=O) groups excluding carboxylic acids is 3. The van der Waals surface area contributed by atoms with Crippen LogP contribution in [0.15, 0.2) is 34.6 Å². The highest BCUT2D eigenvalue weighted by molar-refractivity contribution is 8.77. The summed E-state index contributed by atoms with van der Waals surface area (Å²) in [6.07, 6.45) is -0.914. The summed E-state index contributed by atoms with van der Waals surface area (Å²) >= 11 is 18.1. The van der Waals surface area contributed by atoms with E-state index in [4.69, 9.17) is 53.2 Å². The number of nitrogens with zero attached hydrogens (tertiary/aromatic N) is 2. The number of carbonyl (C=O) groups is 3. The lowest BCUT2D eigenvalue weighted by atomic mass is 10.1. The second-order valence-corrected chi connectivity index (χ2v) is 17.5. The van der Waals surface area contributed by atoms with Gasteiger partial charge in [-0.05, 0) is 46.8 Å². The molecule has 1 aliphatic rings. The largest absolute Gasteiger partial charge is 0.509 e. The number of esters is 1. The van der Waals surface area contributed by atoms with E-state index in [0.717, 1.165) is 20.8 Å². The average Bonchev–Trinajstić information content (AvgIpc) is 3.27. The normalized spacial score (nSPS) is 17.3. The molecule has 1 amide bonds. The van der Waals surface area contributed by atoms with Gasteiger partial charge in [-0.2, -0.15) is 8.42 Å². The second kappa shape index (κ2) is 13.6. The Hall–Kier alpha value is -1.62. The molecule has 11 nitrogen and oxygen atoms in total. The van der Waals surface area contributed by atoms with Crippen molar-refractivity contribution >= 4 is 106 Å². The molecule has 42 heavy (non-hydrogen) atoms. The molecule has 1 fully saturated rings. The molecule has 0 bridgehead atoms. The van der Waals surface area contributed by atoms with Crippen molar-refractivity contribution in [1.29, 1.82) is 0 Å². The van der Waals surface area contributed by atoms with Crippen LogP contribution >= 0.6 is 67.7 Å². The summed E-state index contributed by atoms with van der Waals surface area (Å²) in [6, 6.07) is 5.53. The minimum atomic E-state index is -3.95. The summed E-state index contributed by atoms with van der Waals surface area (Å²) in [6.45, 7) is 7.51. The highest BCUT2D eigenvalue weighted by Gasteiger charge is 2.44. The predicted octanol–water partition coefficient (Wildman–Crippen LogP) is 6.38. The van der Waals surface area contributed by atoms with E-state index in [2.05, 4.69) is 4.98 Å². The fourth-order valence-electron chi connectivity index (χ4n) is 3.37. The van der Waals surface area contributed by atoms with Gasteiger partial charge in [-0.25, -0.2) is 14.6 Å². The Morgan fingerprint density at radius 3 is 2.48 bits per heavy atom. The van der Waals surface area contributed by atoms with Crippen LogP contribution in [0.1, 0.15) is 45.7 Å². The minimum absolute atomic E-state index is 0.120. The fraction of sp³-hybridized carbons (Fsp3) is 0.500. The highest BCUT2D eigenvalue weighted by atomic mass is 35.6. The van der Waals surface area contributed by atoms with Crippen LogP contribution in [0.4, 0.5) is 4.79 Å². The third kappa shape index (κ3) is 9.96. The average molecular weight is 722 g/mol. The van der Waals surface area contributed by atoms with Gasteiger partial charge in [-0.3, -0.25) is 4.79 Å². The van der Waals surface area contributed by atoms with Gasteiger partial charge in [0, 0.05) is 11.4 Å². The van der Waals surface area contributed by atoms with Gasteiger partial charge in [-0.1, -0.05) is 62.5 Å². The molecule has 2 aromatic rings. The molecule has 3 rings (SSSR count). The minimum Gasteiger partial charge on any atom is -0.455 e. The van der Waals surface area contributed by atoms with E-state index in [9.17, 15) is 22.8 Å². The molecule has 1 aromatic carbocycles. The van der Waals surface area contributed by atoms with Crippen LogP contribution in [0.2, 0.25) is 0 Å². The number of thiazole rings is 1. The number of likely N-dealkylation sites (tertiary alicyclic amines) is 1. The van der Waals surface area contributed by atoms with Gasteiger partial charge in [0.2, 0.25) is 9.70 Å². The summed E-state index contributed by atoms with van der Waals surface area (Å²) < 4.78 is 42.8. The number of allylic oxidation sites excluding steroid dienone is 1. The number of amides is 1. The molecule has 2 heterocycles. The lowest BCUT2D eigenvalue weighted by Gasteiger charge is -2.39. The van der Waals surface area contributed by atoms with Gasteiger partial charge in [0.15, 0.2) is 11.8 Å². The van der Waals surface area contributed by atoms with Crippen LogP contribution in [-0.4, -0.2) is 70.4 Å². The molecule has 2 atom stereocenters. The van der Waals surface area contributed by atoms with Gasteiger partial charge < -0.3 is 23.3 Å². The van der Waals surface area contributed by atoms with Crippen molar-refractivity contribution in [3.63, 3.8) is 0 Å². The molecule has 0 radical (unpaired) electrons. The van der Waals surface area contributed by atoms with Crippen LogP contribution in [0.5, 0.6) is 0 Å². The molecule has 18 heteroatoms. The SMILES string of the molecule is C/C(OS(C)(=O)=O)=C(\C(=O)OC(C)(C)C)N1C[C@H](SSc2cccc3sc([C@@H](C)OC(=O)OCC(Cl)(Cl)Cl)nc23)C1=O. The van der Waals surface area contributed by atoms with E-state index < -0.39 is 55.5 Å². The molecule has 0 N–H and O–H groups in total. The van der Waals surface area contributed by atoms with Gasteiger partial charge >= 0.3 is 22.2 Å².